The molecule has 0 unspecified atom stereocenters. The molecular weight excluding hydrogens is 333 g/mol. The van der Waals surface area contributed by atoms with Crippen molar-refractivity contribution in [1.29, 1.82) is 0 Å². The zero-order valence-corrected chi connectivity index (χ0v) is 13.8. The molecule has 0 saturated carbocycles. The van der Waals surface area contributed by atoms with Gasteiger partial charge >= 0.3 is 0 Å². The molecule has 0 aliphatic rings. The van der Waals surface area contributed by atoms with Crippen molar-refractivity contribution in [3.05, 3.63) is 70.2 Å². The summed E-state index contributed by atoms with van der Waals surface area (Å²) in [6.45, 7) is 0. The maximum absolute atomic E-state index is 12.6. The van der Waals surface area contributed by atoms with Crippen molar-refractivity contribution in [2.24, 2.45) is 0 Å². The lowest BCUT2D eigenvalue weighted by Crippen LogP contribution is -2.13. The Morgan fingerprint density at radius 1 is 1.00 bits per heavy atom. The first-order valence-corrected chi connectivity index (χ1v) is 7.68. The van der Waals surface area contributed by atoms with E-state index in [1.165, 1.54) is 7.11 Å². The summed E-state index contributed by atoms with van der Waals surface area (Å²) in [6.07, 6.45) is 0. The summed E-state index contributed by atoms with van der Waals surface area (Å²) in [7, 11) is 1.53. The minimum absolute atomic E-state index is 0.308. The SMILES string of the molecule is COc1cc2ccccc2cc1C(=O)Nc1cccc(Cl)c1Cl. The zero-order chi connectivity index (χ0) is 16.4. The van der Waals surface area contributed by atoms with Gasteiger partial charge in [-0.1, -0.05) is 53.5 Å². The highest BCUT2D eigenvalue weighted by Gasteiger charge is 2.15. The summed E-state index contributed by atoms with van der Waals surface area (Å²) in [5, 5.41) is 5.42. The van der Waals surface area contributed by atoms with Gasteiger partial charge in [-0.15, -0.1) is 0 Å². The topological polar surface area (TPSA) is 38.3 Å². The van der Waals surface area contributed by atoms with Gasteiger partial charge in [-0.2, -0.15) is 0 Å². The summed E-state index contributed by atoms with van der Waals surface area (Å²) < 4.78 is 5.35. The smallest absolute Gasteiger partial charge is 0.259 e. The summed E-state index contributed by atoms with van der Waals surface area (Å²) in [5.74, 6) is 0.191. The number of hydrogen-bond acceptors (Lipinski definition) is 2. The van der Waals surface area contributed by atoms with Gasteiger partial charge in [0.2, 0.25) is 0 Å². The van der Waals surface area contributed by atoms with E-state index in [1.54, 1.807) is 24.3 Å². The maximum atomic E-state index is 12.6. The standard InChI is InChI=1S/C18H13Cl2NO2/c1-23-16-10-12-6-3-2-5-11(12)9-13(16)18(22)21-15-8-4-7-14(19)17(15)20/h2-10H,1H3,(H,21,22). The average Bonchev–Trinajstić information content (AvgIpc) is 2.57. The van der Waals surface area contributed by atoms with Gasteiger partial charge in [0.1, 0.15) is 5.75 Å². The Morgan fingerprint density at radius 2 is 1.70 bits per heavy atom. The summed E-state index contributed by atoms with van der Waals surface area (Å²) in [5.41, 5.74) is 0.890. The molecule has 0 radical (unpaired) electrons. The van der Waals surface area contributed by atoms with Crippen molar-refractivity contribution >= 4 is 45.6 Å². The summed E-state index contributed by atoms with van der Waals surface area (Å²) in [6, 6.07) is 16.5. The number of fused-ring (bicyclic) bond motifs is 1. The molecule has 0 bridgehead atoms. The number of benzene rings is 3. The molecule has 3 aromatic carbocycles. The molecule has 0 aromatic heterocycles. The van der Waals surface area contributed by atoms with E-state index in [-0.39, 0.29) is 5.91 Å². The van der Waals surface area contributed by atoms with Crippen molar-refractivity contribution in [1.82, 2.24) is 0 Å². The fourth-order valence-corrected chi connectivity index (χ4v) is 2.70. The number of hydrogen-bond donors (Lipinski definition) is 1. The Labute approximate surface area is 143 Å². The number of rotatable bonds is 3. The van der Waals surface area contributed by atoms with Gasteiger partial charge < -0.3 is 10.1 Å². The van der Waals surface area contributed by atoms with Gasteiger partial charge in [0, 0.05) is 0 Å². The molecule has 0 aliphatic heterocycles. The minimum Gasteiger partial charge on any atom is -0.496 e. The number of methoxy groups -OCH3 is 1. The van der Waals surface area contributed by atoms with Crippen LogP contribution < -0.4 is 10.1 Å². The third-order valence-corrected chi connectivity index (χ3v) is 4.33. The van der Waals surface area contributed by atoms with Crippen LogP contribution in [-0.2, 0) is 0 Å². The lowest BCUT2D eigenvalue weighted by Gasteiger charge is -2.12. The van der Waals surface area contributed by atoms with Crippen molar-refractivity contribution in [2.75, 3.05) is 12.4 Å². The third-order valence-electron chi connectivity index (χ3n) is 3.51. The van der Waals surface area contributed by atoms with Gasteiger partial charge in [0.15, 0.2) is 0 Å². The number of halogens is 2. The zero-order valence-electron chi connectivity index (χ0n) is 12.3. The highest BCUT2D eigenvalue weighted by Crippen LogP contribution is 2.31. The van der Waals surface area contributed by atoms with E-state index in [2.05, 4.69) is 5.32 Å². The second-order valence-corrected chi connectivity index (χ2v) is 5.74. The van der Waals surface area contributed by atoms with E-state index in [4.69, 9.17) is 27.9 Å². The molecule has 3 rings (SSSR count). The monoisotopic (exact) mass is 345 g/mol. The Hall–Kier alpha value is -2.23. The molecular formula is C18H13Cl2NO2. The molecule has 0 saturated heterocycles. The van der Waals surface area contributed by atoms with Crippen LogP contribution in [0, 0.1) is 0 Å². The molecule has 5 heteroatoms. The molecule has 1 N–H and O–H groups in total. The Kier molecular flexibility index (Phi) is 4.42. The Morgan fingerprint density at radius 3 is 2.39 bits per heavy atom. The predicted octanol–water partition coefficient (Wildman–Crippen LogP) is 5.41. The molecule has 23 heavy (non-hydrogen) atoms. The number of nitrogens with one attached hydrogen (secondary N) is 1. The molecule has 3 aromatic rings. The predicted molar refractivity (Wildman–Crippen MR) is 94.9 cm³/mol. The van der Waals surface area contributed by atoms with E-state index in [9.17, 15) is 4.79 Å². The van der Waals surface area contributed by atoms with E-state index < -0.39 is 0 Å². The molecule has 116 valence electrons. The summed E-state index contributed by atoms with van der Waals surface area (Å²) in [4.78, 5) is 12.6. The number of carbonyl (C=O) groups excluding carboxylic acids is 1. The Balaban J connectivity index is 2.01. The maximum Gasteiger partial charge on any atom is 0.259 e. The summed E-state index contributed by atoms with van der Waals surface area (Å²) >= 11 is 12.1. The van der Waals surface area contributed by atoms with E-state index >= 15 is 0 Å². The molecule has 0 aliphatic carbocycles. The van der Waals surface area contributed by atoms with Crippen molar-refractivity contribution in [3.8, 4) is 5.75 Å². The van der Waals surface area contributed by atoms with Crippen molar-refractivity contribution in [3.63, 3.8) is 0 Å². The van der Waals surface area contributed by atoms with Gasteiger partial charge in [0.05, 0.1) is 28.4 Å². The van der Waals surface area contributed by atoms with Gasteiger partial charge in [0.25, 0.3) is 5.91 Å². The number of carbonyl (C=O) groups is 1. The molecule has 0 atom stereocenters. The van der Waals surface area contributed by atoms with Crippen LogP contribution >= 0.6 is 23.2 Å². The van der Waals surface area contributed by atoms with E-state index in [1.807, 2.05) is 30.3 Å². The van der Waals surface area contributed by atoms with Crippen LogP contribution in [-0.4, -0.2) is 13.0 Å². The van der Waals surface area contributed by atoms with Crippen LogP contribution in [0.25, 0.3) is 10.8 Å². The third kappa shape index (κ3) is 3.11. The van der Waals surface area contributed by atoms with Crippen molar-refractivity contribution < 1.29 is 9.53 Å². The first-order chi connectivity index (χ1) is 11.1. The second-order valence-electron chi connectivity index (χ2n) is 4.96. The highest BCUT2D eigenvalue weighted by atomic mass is 35.5. The molecule has 0 fully saturated rings. The fourth-order valence-electron chi connectivity index (χ4n) is 2.36. The van der Waals surface area contributed by atoms with Crippen molar-refractivity contribution in [2.45, 2.75) is 0 Å². The van der Waals surface area contributed by atoms with Crippen LogP contribution in [0.3, 0.4) is 0 Å². The van der Waals surface area contributed by atoms with Crippen LogP contribution in [0.1, 0.15) is 10.4 Å². The molecule has 0 heterocycles. The lowest BCUT2D eigenvalue weighted by atomic mass is 10.1. The average molecular weight is 346 g/mol. The quantitative estimate of drug-likeness (QED) is 0.689. The normalized spacial score (nSPS) is 10.6. The van der Waals surface area contributed by atoms with Gasteiger partial charge in [-0.05, 0) is 35.0 Å². The van der Waals surface area contributed by atoms with E-state index in [0.29, 0.717) is 27.0 Å². The highest BCUT2D eigenvalue weighted by molar-refractivity contribution is 6.44. The van der Waals surface area contributed by atoms with Crippen LogP contribution in [0.15, 0.2) is 54.6 Å². The van der Waals surface area contributed by atoms with Crippen LogP contribution in [0.2, 0.25) is 10.0 Å². The largest absolute Gasteiger partial charge is 0.496 e. The second kappa shape index (κ2) is 6.49. The van der Waals surface area contributed by atoms with Gasteiger partial charge in [-0.25, -0.2) is 0 Å². The first-order valence-electron chi connectivity index (χ1n) is 6.92. The van der Waals surface area contributed by atoms with Crippen LogP contribution in [0.5, 0.6) is 5.75 Å². The molecule has 1 amide bonds. The number of ether oxygens (including phenoxy) is 1. The lowest BCUT2D eigenvalue weighted by molar-refractivity contribution is 0.102. The molecule has 0 spiro atoms. The minimum atomic E-state index is -0.309. The molecule has 3 nitrogen and oxygen atoms in total. The number of amides is 1. The fraction of sp³-hybridized carbons (Fsp3) is 0.0556. The van der Waals surface area contributed by atoms with Crippen LogP contribution in [0.4, 0.5) is 5.69 Å². The van der Waals surface area contributed by atoms with Gasteiger partial charge in [-0.3, -0.25) is 4.79 Å². The van der Waals surface area contributed by atoms with E-state index in [0.717, 1.165) is 10.8 Å². The Bertz CT molecular complexity index is 893. The number of anilines is 1. The first kappa shape index (κ1) is 15.7.